The highest BCUT2D eigenvalue weighted by Gasteiger charge is 2.30. The monoisotopic (exact) mass is 286 g/mol. The Labute approximate surface area is 125 Å². The number of hydrogen-bond donors (Lipinski definition) is 0. The third-order valence-electron chi connectivity index (χ3n) is 4.11. The number of aromatic nitrogens is 1. The van der Waals surface area contributed by atoms with Gasteiger partial charge in [-0.3, -0.25) is 4.90 Å². The summed E-state index contributed by atoms with van der Waals surface area (Å²) >= 11 is 0. The van der Waals surface area contributed by atoms with Crippen molar-refractivity contribution in [1.82, 2.24) is 10.1 Å². The van der Waals surface area contributed by atoms with Gasteiger partial charge in [0.15, 0.2) is 0 Å². The Morgan fingerprint density at radius 1 is 1.33 bits per heavy atom. The van der Waals surface area contributed by atoms with Gasteiger partial charge in [0.05, 0.1) is 6.04 Å². The Kier molecular flexibility index (Phi) is 3.49. The molecule has 2 aromatic rings. The molecule has 2 heterocycles. The summed E-state index contributed by atoms with van der Waals surface area (Å²) in [5.74, 6) is 1.02. The van der Waals surface area contributed by atoms with Gasteiger partial charge in [0.1, 0.15) is 23.3 Å². The first-order valence-corrected chi connectivity index (χ1v) is 7.36. The molecule has 3 rings (SSSR count). The van der Waals surface area contributed by atoms with Crippen LogP contribution in [0.3, 0.4) is 0 Å². The average molecular weight is 286 g/mol. The van der Waals surface area contributed by atoms with Gasteiger partial charge in [0, 0.05) is 19.0 Å². The van der Waals surface area contributed by atoms with Crippen LogP contribution in [-0.2, 0) is 13.0 Å². The first-order chi connectivity index (χ1) is 9.94. The lowest BCUT2D eigenvalue weighted by molar-refractivity contribution is 0.138. The van der Waals surface area contributed by atoms with Gasteiger partial charge in [-0.15, -0.1) is 0 Å². The van der Waals surface area contributed by atoms with E-state index in [4.69, 9.17) is 9.26 Å². The maximum Gasteiger partial charge on any atom is 0.124 e. The highest BCUT2D eigenvalue weighted by molar-refractivity contribution is 5.41. The number of rotatable bonds is 4. The molecule has 4 nitrogen and oxygen atoms in total. The first kappa shape index (κ1) is 14.1. The lowest BCUT2D eigenvalue weighted by atomic mass is 10.00. The maximum absolute atomic E-state index is 5.92. The Morgan fingerprint density at radius 2 is 2.14 bits per heavy atom. The van der Waals surface area contributed by atoms with Gasteiger partial charge in [-0.05, 0) is 45.0 Å². The van der Waals surface area contributed by atoms with Crippen molar-refractivity contribution < 1.29 is 9.26 Å². The summed E-state index contributed by atoms with van der Waals surface area (Å²) in [4.78, 5) is 2.26. The predicted molar refractivity (Wildman–Crippen MR) is 81.2 cm³/mol. The Bertz CT molecular complexity index is 620. The molecule has 21 heavy (non-hydrogen) atoms. The van der Waals surface area contributed by atoms with Crippen LogP contribution in [0.4, 0.5) is 0 Å². The van der Waals surface area contributed by atoms with Crippen LogP contribution in [0.2, 0.25) is 0 Å². The van der Waals surface area contributed by atoms with Crippen molar-refractivity contribution in [3.63, 3.8) is 0 Å². The van der Waals surface area contributed by atoms with Gasteiger partial charge in [0.25, 0.3) is 0 Å². The van der Waals surface area contributed by atoms with Crippen molar-refractivity contribution in [2.45, 2.75) is 45.4 Å². The molecule has 0 N–H and O–H groups in total. The van der Waals surface area contributed by atoms with Gasteiger partial charge in [-0.25, -0.2) is 0 Å². The summed E-state index contributed by atoms with van der Waals surface area (Å²) < 4.78 is 10.9. The van der Waals surface area contributed by atoms with E-state index >= 15 is 0 Å². The molecule has 1 aliphatic heterocycles. The maximum atomic E-state index is 5.92. The fourth-order valence-corrected chi connectivity index (χ4v) is 2.85. The minimum atomic E-state index is -0.0825. The van der Waals surface area contributed by atoms with E-state index in [1.54, 1.807) is 6.26 Å². The molecule has 0 spiro atoms. The minimum Gasteiger partial charge on any atom is -0.487 e. The Balaban J connectivity index is 1.72. The topological polar surface area (TPSA) is 38.5 Å². The van der Waals surface area contributed by atoms with E-state index < -0.39 is 0 Å². The van der Waals surface area contributed by atoms with Crippen LogP contribution in [0, 0.1) is 0 Å². The van der Waals surface area contributed by atoms with Crippen LogP contribution in [0.15, 0.2) is 35.1 Å². The summed E-state index contributed by atoms with van der Waals surface area (Å²) in [6, 6.07) is 8.64. The van der Waals surface area contributed by atoms with Crippen LogP contribution in [0.5, 0.6) is 5.75 Å². The summed E-state index contributed by atoms with van der Waals surface area (Å²) in [5.41, 5.74) is 3.48. The van der Waals surface area contributed by atoms with Crippen molar-refractivity contribution in [2.24, 2.45) is 0 Å². The molecule has 1 atom stereocenters. The zero-order valence-electron chi connectivity index (χ0n) is 13.1. The highest BCUT2D eigenvalue weighted by Crippen LogP contribution is 2.35. The molecule has 1 unspecified atom stereocenters. The summed E-state index contributed by atoms with van der Waals surface area (Å²) in [6.45, 7) is 7.27. The lowest BCUT2D eigenvalue weighted by Crippen LogP contribution is -2.24. The molecule has 0 saturated heterocycles. The van der Waals surface area contributed by atoms with Crippen molar-refractivity contribution in [1.29, 1.82) is 0 Å². The first-order valence-electron chi connectivity index (χ1n) is 7.36. The molecule has 0 aliphatic carbocycles. The number of fused-ring (bicyclic) bond motifs is 1. The van der Waals surface area contributed by atoms with Gasteiger partial charge >= 0.3 is 0 Å². The van der Waals surface area contributed by atoms with Crippen LogP contribution in [-0.4, -0.2) is 22.7 Å². The van der Waals surface area contributed by atoms with Gasteiger partial charge < -0.3 is 9.26 Å². The summed E-state index contributed by atoms with van der Waals surface area (Å²) in [5, 5.41) is 4.02. The summed E-state index contributed by atoms with van der Waals surface area (Å²) in [7, 11) is 2.10. The lowest BCUT2D eigenvalue weighted by Gasteiger charge is -2.23. The third-order valence-corrected chi connectivity index (χ3v) is 4.11. The zero-order valence-corrected chi connectivity index (χ0v) is 13.1. The van der Waals surface area contributed by atoms with Crippen molar-refractivity contribution in [3.05, 3.63) is 47.3 Å². The molecule has 1 aromatic heterocycles. The second kappa shape index (κ2) is 5.19. The van der Waals surface area contributed by atoms with Crippen molar-refractivity contribution in [3.8, 4) is 5.75 Å². The molecule has 1 aromatic carbocycles. The van der Waals surface area contributed by atoms with Crippen LogP contribution >= 0.6 is 0 Å². The quantitative estimate of drug-likeness (QED) is 0.861. The summed E-state index contributed by atoms with van der Waals surface area (Å²) in [6.07, 6.45) is 2.59. The number of benzene rings is 1. The normalized spacial score (nSPS) is 17.6. The second-order valence-electron chi connectivity index (χ2n) is 6.50. The van der Waals surface area contributed by atoms with E-state index in [1.807, 2.05) is 6.07 Å². The molecule has 4 heteroatoms. The zero-order chi connectivity index (χ0) is 15.0. The van der Waals surface area contributed by atoms with Crippen LogP contribution in [0.25, 0.3) is 0 Å². The second-order valence-corrected chi connectivity index (χ2v) is 6.50. The van der Waals surface area contributed by atoms with E-state index in [2.05, 4.69) is 56.1 Å². The van der Waals surface area contributed by atoms with Gasteiger partial charge in [-0.1, -0.05) is 17.3 Å². The number of hydrogen-bond acceptors (Lipinski definition) is 4. The van der Waals surface area contributed by atoms with E-state index in [1.165, 1.54) is 11.1 Å². The molecule has 112 valence electrons. The van der Waals surface area contributed by atoms with E-state index in [0.717, 1.165) is 24.4 Å². The largest absolute Gasteiger partial charge is 0.487 e. The highest BCUT2D eigenvalue weighted by atomic mass is 16.5. The van der Waals surface area contributed by atoms with Gasteiger partial charge in [0.2, 0.25) is 0 Å². The molecule has 0 fully saturated rings. The average Bonchev–Trinajstić information content (AvgIpc) is 3.02. The fourth-order valence-electron chi connectivity index (χ4n) is 2.85. The van der Waals surface area contributed by atoms with E-state index in [0.29, 0.717) is 0 Å². The molecule has 0 bridgehead atoms. The number of nitrogens with zero attached hydrogens (tertiary/aromatic N) is 2. The minimum absolute atomic E-state index is 0.0825. The third kappa shape index (κ3) is 2.95. The molecule has 0 radical (unpaired) electrons. The van der Waals surface area contributed by atoms with Crippen molar-refractivity contribution in [2.75, 3.05) is 7.05 Å². The SMILES string of the molecule is CC(c1ccon1)N(C)Cc1ccc2c(c1)CC(C)(C)O2. The Hall–Kier alpha value is -1.81. The molecule has 1 aliphatic rings. The fraction of sp³-hybridized carbons (Fsp3) is 0.471. The van der Waals surface area contributed by atoms with Crippen molar-refractivity contribution >= 4 is 0 Å². The van der Waals surface area contributed by atoms with Gasteiger partial charge in [-0.2, -0.15) is 0 Å². The van der Waals surface area contributed by atoms with Crippen LogP contribution < -0.4 is 4.74 Å². The standard InChI is InChI=1S/C17H22N2O2/c1-12(15-7-8-20-18-15)19(4)11-13-5-6-16-14(9-13)10-17(2,3)21-16/h5-9,12H,10-11H2,1-4H3. The molecular weight excluding hydrogens is 264 g/mol. The number of ether oxygens (including phenoxy) is 1. The smallest absolute Gasteiger partial charge is 0.124 e. The molecule has 0 amide bonds. The van der Waals surface area contributed by atoms with Crippen LogP contribution in [0.1, 0.15) is 43.6 Å². The van der Waals surface area contributed by atoms with E-state index in [9.17, 15) is 0 Å². The predicted octanol–water partition coefficient (Wildman–Crippen LogP) is 3.58. The Morgan fingerprint density at radius 3 is 2.86 bits per heavy atom. The van der Waals surface area contributed by atoms with E-state index in [-0.39, 0.29) is 11.6 Å². The molecule has 0 saturated carbocycles. The molecular formula is C17H22N2O2.